The van der Waals surface area contributed by atoms with Crippen LogP contribution in [0, 0.1) is 0 Å². The Kier molecular flexibility index (Phi) is 6.15. The van der Waals surface area contributed by atoms with E-state index in [1.54, 1.807) is 19.2 Å². The summed E-state index contributed by atoms with van der Waals surface area (Å²) >= 11 is 0. The zero-order valence-electron chi connectivity index (χ0n) is 14.5. The molecule has 4 nitrogen and oxygen atoms in total. The second kappa shape index (κ2) is 7.92. The molecule has 5 heteroatoms. The molecule has 1 atom stereocenters. The molecule has 0 aliphatic rings. The summed E-state index contributed by atoms with van der Waals surface area (Å²) in [5.74, 6) is 0. The van der Waals surface area contributed by atoms with Gasteiger partial charge >= 0.3 is 0 Å². The van der Waals surface area contributed by atoms with Crippen LogP contribution in [0.3, 0.4) is 0 Å². The van der Waals surface area contributed by atoms with Gasteiger partial charge < -0.3 is 4.74 Å². The molecule has 0 radical (unpaired) electrons. The summed E-state index contributed by atoms with van der Waals surface area (Å²) in [4.78, 5) is 0.272. The lowest BCUT2D eigenvalue weighted by atomic mass is 9.91. The first-order valence-electron chi connectivity index (χ1n) is 8.16. The van der Waals surface area contributed by atoms with Crippen molar-refractivity contribution in [2.75, 3.05) is 13.7 Å². The van der Waals surface area contributed by atoms with E-state index in [1.807, 2.05) is 56.3 Å². The van der Waals surface area contributed by atoms with Crippen molar-refractivity contribution in [1.29, 1.82) is 0 Å². The Morgan fingerprint density at radius 3 is 2.12 bits per heavy atom. The summed E-state index contributed by atoms with van der Waals surface area (Å²) in [5.41, 5.74) is 1.38. The Balaban J connectivity index is 2.22. The molecule has 0 aliphatic heterocycles. The van der Waals surface area contributed by atoms with Crippen molar-refractivity contribution in [2.24, 2.45) is 0 Å². The molecule has 0 saturated carbocycles. The highest BCUT2D eigenvalue weighted by molar-refractivity contribution is 7.89. The number of ether oxygens (including phenoxy) is 1. The Morgan fingerprint density at radius 1 is 1.00 bits per heavy atom. The molecule has 0 spiro atoms. The van der Waals surface area contributed by atoms with E-state index in [1.165, 1.54) is 0 Å². The van der Waals surface area contributed by atoms with Gasteiger partial charge in [0.2, 0.25) is 10.0 Å². The second-order valence-electron chi connectivity index (χ2n) is 5.74. The topological polar surface area (TPSA) is 55.4 Å². The Bertz CT molecular complexity index is 736. The molecule has 1 N–H and O–H groups in total. The fraction of sp³-hybridized carbons (Fsp3) is 0.368. The second-order valence-corrected chi connectivity index (χ2v) is 7.51. The highest BCUT2D eigenvalue weighted by Gasteiger charge is 2.32. The summed E-state index contributed by atoms with van der Waals surface area (Å²) < 4.78 is 33.6. The Hall–Kier alpha value is -1.69. The van der Waals surface area contributed by atoms with Crippen molar-refractivity contribution in [1.82, 2.24) is 4.72 Å². The minimum Gasteiger partial charge on any atom is -0.372 e. The number of sulfonamides is 1. The lowest BCUT2D eigenvalue weighted by Crippen LogP contribution is -2.41. The fourth-order valence-corrected chi connectivity index (χ4v) is 3.79. The summed E-state index contributed by atoms with van der Waals surface area (Å²) in [6.07, 6.45) is 1.54. The monoisotopic (exact) mass is 347 g/mol. The maximum atomic E-state index is 12.6. The highest BCUT2D eigenvalue weighted by atomic mass is 32.2. The van der Waals surface area contributed by atoms with Gasteiger partial charge in [0.05, 0.1) is 4.90 Å². The van der Waals surface area contributed by atoms with E-state index < -0.39 is 15.6 Å². The van der Waals surface area contributed by atoms with Gasteiger partial charge in [0.1, 0.15) is 5.60 Å². The van der Waals surface area contributed by atoms with Crippen LogP contribution in [0.2, 0.25) is 0 Å². The minimum atomic E-state index is -3.58. The number of aryl methyl sites for hydroxylation is 1. The minimum absolute atomic E-state index is 0.182. The molecule has 2 rings (SSSR count). The van der Waals surface area contributed by atoms with Gasteiger partial charge in [-0.1, -0.05) is 56.3 Å². The SMILES string of the molecule is CCc1ccc(S(=O)(=O)NCC(CC)(OC)c2ccccc2)cc1. The first-order valence-corrected chi connectivity index (χ1v) is 9.65. The third-order valence-corrected chi connectivity index (χ3v) is 5.87. The van der Waals surface area contributed by atoms with E-state index >= 15 is 0 Å². The maximum absolute atomic E-state index is 12.6. The summed E-state index contributed by atoms with van der Waals surface area (Å²) in [5, 5.41) is 0. The fourth-order valence-electron chi connectivity index (χ4n) is 2.71. The normalized spacial score (nSPS) is 14.3. The van der Waals surface area contributed by atoms with Crippen molar-refractivity contribution in [3.8, 4) is 0 Å². The predicted octanol–water partition coefficient (Wildman–Crippen LogP) is 3.48. The van der Waals surface area contributed by atoms with E-state index in [0.29, 0.717) is 6.42 Å². The van der Waals surface area contributed by atoms with Crippen LogP contribution in [0.15, 0.2) is 59.5 Å². The van der Waals surface area contributed by atoms with Gasteiger partial charge in [-0.3, -0.25) is 0 Å². The van der Waals surface area contributed by atoms with Gasteiger partial charge in [0, 0.05) is 13.7 Å². The molecule has 2 aromatic rings. The first-order chi connectivity index (χ1) is 11.5. The zero-order chi connectivity index (χ0) is 17.6. The lowest BCUT2D eigenvalue weighted by molar-refractivity contribution is -0.0133. The van der Waals surface area contributed by atoms with Crippen molar-refractivity contribution < 1.29 is 13.2 Å². The van der Waals surface area contributed by atoms with Gasteiger partial charge in [0.15, 0.2) is 0 Å². The molecule has 0 saturated heterocycles. The van der Waals surface area contributed by atoms with Crippen LogP contribution in [0.25, 0.3) is 0 Å². The van der Waals surface area contributed by atoms with Gasteiger partial charge in [-0.15, -0.1) is 0 Å². The van der Waals surface area contributed by atoms with Crippen LogP contribution in [-0.4, -0.2) is 22.1 Å². The number of methoxy groups -OCH3 is 1. The molecular formula is C19H25NO3S. The average molecular weight is 347 g/mol. The van der Waals surface area contributed by atoms with Crippen LogP contribution in [0.4, 0.5) is 0 Å². The zero-order valence-corrected chi connectivity index (χ0v) is 15.3. The van der Waals surface area contributed by atoms with Crippen LogP contribution >= 0.6 is 0 Å². The molecule has 24 heavy (non-hydrogen) atoms. The van der Waals surface area contributed by atoms with Crippen molar-refractivity contribution in [3.63, 3.8) is 0 Å². The van der Waals surface area contributed by atoms with E-state index in [0.717, 1.165) is 17.5 Å². The first kappa shape index (κ1) is 18.6. The summed E-state index contributed by atoms with van der Waals surface area (Å²) in [7, 11) is -1.96. The molecule has 0 aromatic heterocycles. The summed E-state index contributed by atoms with van der Waals surface area (Å²) in [6, 6.07) is 16.7. The van der Waals surface area contributed by atoms with Crippen molar-refractivity contribution >= 4 is 10.0 Å². The van der Waals surface area contributed by atoms with Crippen LogP contribution in [0.1, 0.15) is 31.4 Å². The van der Waals surface area contributed by atoms with Gasteiger partial charge in [0.25, 0.3) is 0 Å². The molecule has 0 fully saturated rings. The molecule has 0 amide bonds. The van der Waals surface area contributed by atoms with Crippen molar-refractivity contribution in [3.05, 3.63) is 65.7 Å². The molecule has 0 aliphatic carbocycles. The van der Waals surface area contributed by atoms with E-state index in [9.17, 15) is 8.42 Å². The van der Waals surface area contributed by atoms with E-state index in [4.69, 9.17) is 4.74 Å². The standard InChI is InChI=1S/C19H25NO3S/c1-4-16-11-13-18(14-12-16)24(21,22)20-15-19(5-2,23-3)17-9-7-6-8-10-17/h6-14,20H,4-5,15H2,1-3H3. The smallest absolute Gasteiger partial charge is 0.240 e. The van der Waals surface area contributed by atoms with Gasteiger partial charge in [-0.25, -0.2) is 13.1 Å². The Labute approximate surface area is 144 Å². The third-order valence-electron chi connectivity index (χ3n) is 4.45. The number of hydrogen-bond acceptors (Lipinski definition) is 3. The largest absolute Gasteiger partial charge is 0.372 e. The van der Waals surface area contributed by atoms with E-state index in [-0.39, 0.29) is 11.4 Å². The molecule has 130 valence electrons. The van der Waals surface area contributed by atoms with Gasteiger partial charge in [-0.05, 0) is 36.1 Å². The predicted molar refractivity (Wildman–Crippen MR) is 96.4 cm³/mol. The number of benzene rings is 2. The molecule has 0 bridgehead atoms. The van der Waals surface area contributed by atoms with Gasteiger partial charge in [-0.2, -0.15) is 0 Å². The number of rotatable bonds is 8. The summed E-state index contributed by atoms with van der Waals surface area (Å²) in [6.45, 7) is 4.21. The third kappa shape index (κ3) is 4.04. The van der Waals surface area contributed by atoms with Crippen molar-refractivity contribution in [2.45, 2.75) is 37.2 Å². The molecule has 1 unspecified atom stereocenters. The number of nitrogens with one attached hydrogen (secondary N) is 1. The van der Waals surface area contributed by atoms with E-state index in [2.05, 4.69) is 4.72 Å². The number of hydrogen-bond donors (Lipinski definition) is 1. The lowest BCUT2D eigenvalue weighted by Gasteiger charge is -2.32. The van der Waals surface area contributed by atoms with Crippen LogP contribution in [-0.2, 0) is 26.8 Å². The van der Waals surface area contributed by atoms with Crippen LogP contribution in [0.5, 0.6) is 0 Å². The molecule has 2 aromatic carbocycles. The maximum Gasteiger partial charge on any atom is 0.240 e. The quantitative estimate of drug-likeness (QED) is 0.795. The highest BCUT2D eigenvalue weighted by Crippen LogP contribution is 2.28. The molecule has 0 heterocycles. The Morgan fingerprint density at radius 2 is 1.62 bits per heavy atom. The molecular weight excluding hydrogens is 322 g/mol. The average Bonchev–Trinajstić information content (AvgIpc) is 2.64. The van der Waals surface area contributed by atoms with Crippen LogP contribution < -0.4 is 4.72 Å².